The summed E-state index contributed by atoms with van der Waals surface area (Å²) in [5.74, 6) is 0. The smallest absolute Gasteiger partial charge is 0.238 e. The summed E-state index contributed by atoms with van der Waals surface area (Å²) in [4.78, 5) is 4.85. The predicted octanol–water partition coefficient (Wildman–Crippen LogP) is 17.0. The van der Waals surface area contributed by atoms with Crippen molar-refractivity contribution in [2.24, 2.45) is 0 Å². The van der Waals surface area contributed by atoms with Gasteiger partial charge in [-0.2, -0.15) is 5.26 Å². The minimum Gasteiger partial charge on any atom is -0.317 e. The van der Waals surface area contributed by atoms with Crippen LogP contribution in [-0.4, -0.2) is 18.3 Å². The van der Waals surface area contributed by atoms with Crippen LogP contribution in [0, 0.1) is 73.3 Å². The fourth-order valence-corrected chi connectivity index (χ4v) is 11.7. The molecule has 0 unspecified atom stereocenters. The molecular formula is C64H48N6. The third-order valence-corrected chi connectivity index (χ3v) is 14.8. The number of rotatable bonds is 4. The summed E-state index contributed by atoms with van der Waals surface area (Å²) in [6.07, 6.45) is 0. The van der Waals surface area contributed by atoms with Crippen LogP contribution in [0.4, 0.5) is 5.69 Å². The molecule has 0 aliphatic carbocycles. The molecule has 0 N–H and O–H groups in total. The lowest BCUT2D eigenvalue weighted by atomic mass is 10.0. The molecule has 0 amide bonds. The van der Waals surface area contributed by atoms with Gasteiger partial charge >= 0.3 is 0 Å². The van der Waals surface area contributed by atoms with E-state index in [1.165, 1.54) is 0 Å². The Kier molecular flexibility index (Phi) is 8.76. The highest BCUT2D eigenvalue weighted by molar-refractivity contribution is 6.17. The predicted molar refractivity (Wildman–Crippen MR) is 293 cm³/mol. The molecule has 0 atom stereocenters. The summed E-state index contributed by atoms with van der Waals surface area (Å²) in [6.45, 7) is 26.9. The number of hydrogen-bond acceptors (Lipinski definition) is 1. The molecule has 0 spiro atoms. The summed E-state index contributed by atoms with van der Waals surface area (Å²) < 4.78 is 9.17. The number of aromatic nitrogens is 4. The Morgan fingerprint density at radius 1 is 0.314 bits per heavy atom. The molecule has 0 fully saturated rings. The molecule has 0 aliphatic rings. The number of hydrogen-bond donors (Lipinski definition) is 0. The molecule has 13 aromatic rings. The fraction of sp³-hybridized carbons (Fsp3) is 0.125. The topological polar surface area (TPSA) is 47.9 Å². The van der Waals surface area contributed by atoms with Gasteiger partial charge in [-0.1, -0.05) is 93.0 Å². The quantitative estimate of drug-likeness (QED) is 0.162. The van der Waals surface area contributed by atoms with E-state index in [1.54, 1.807) is 0 Å². The molecule has 4 aromatic heterocycles. The Morgan fingerprint density at radius 2 is 0.500 bits per heavy atom. The first kappa shape index (κ1) is 41.4. The second-order valence-electron chi connectivity index (χ2n) is 19.8. The van der Waals surface area contributed by atoms with E-state index in [-0.39, 0.29) is 0 Å². The lowest BCUT2D eigenvalue weighted by molar-refractivity contribution is 1.04. The van der Waals surface area contributed by atoms with Gasteiger partial charge in [0, 0.05) is 43.1 Å². The Hall–Kier alpha value is -8.84. The van der Waals surface area contributed by atoms with E-state index in [4.69, 9.17) is 4.85 Å². The van der Waals surface area contributed by atoms with Gasteiger partial charge in [0.15, 0.2) is 0 Å². The molecule has 0 bridgehead atoms. The molecule has 0 saturated heterocycles. The van der Waals surface area contributed by atoms with Crippen molar-refractivity contribution in [1.29, 1.82) is 5.26 Å². The second kappa shape index (κ2) is 14.8. The molecule has 6 nitrogen and oxygen atoms in total. The van der Waals surface area contributed by atoms with Crippen molar-refractivity contribution in [3.05, 3.63) is 207 Å². The average Bonchev–Trinajstić information content (AvgIpc) is 4.03. The van der Waals surface area contributed by atoms with Crippen LogP contribution in [0.5, 0.6) is 0 Å². The van der Waals surface area contributed by atoms with E-state index in [1.807, 2.05) is 0 Å². The number of nitrogens with zero attached hydrogens (tertiary/aromatic N) is 6. The maximum Gasteiger partial charge on any atom is 0.238 e. The lowest BCUT2D eigenvalue weighted by Gasteiger charge is -2.27. The van der Waals surface area contributed by atoms with Crippen LogP contribution in [0.1, 0.15) is 50.1 Å². The van der Waals surface area contributed by atoms with E-state index in [0.717, 1.165) is 132 Å². The largest absolute Gasteiger partial charge is 0.317 e. The van der Waals surface area contributed by atoms with Crippen LogP contribution >= 0.6 is 0 Å². The van der Waals surface area contributed by atoms with Crippen LogP contribution in [0.2, 0.25) is 0 Å². The van der Waals surface area contributed by atoms with Gasteiger partial charge in [-0.15, -0.1) is 0 Å². The van der Waals surface area contributed by atoms with Gasteiger partial charge in [0.25, 0.3) is 0 Å². The zero-order valence-corrected chi connectivity index (χ0v) is 40.5. The van der Waals surface area contributed by atoms with Crippen molar-refractivity contribution >= 4 is 92.9 Å². The summed E-state index contributed by atoms with van der Waals surface area (Å²) >= 11 is 0. The molecule has 70 heavy (non-hydrogen) atoms. The highest BCUT2D eigenvalue weighted by Crippen LogP contribution is 2.52. The van der Waals surface area contributed by atoms with Crippen molar-refractivity contribution < 1.29 is 0 Å². The normalized spacial score (nSPS) is 12.0. The lowest BCUT2D eigenvalue weighted by Crippen LogP contribution is -2.14. The van der Waals surface area contributed by atoms with Gasteiger partial charge in [-0.25, -0.2) is 4.85 Å². The number of nitriles is 1. The van der Waals surface area contributed by atoms with E-state index in [0.29, 0.717) is 34.0 Å². The van der Waals surface area contributed by atoms with Crippen molar-refractivity contribution in [2.45, 2.75) is 55.4 Å². The summed E-state index contributed by atoms with van der Waals surface area (Å²) in [5, 5.41) is 21.3. The number of aryl methyl sites for hydroxylation is 8. The standard InChI is InChI=1S/C64H48N6/c1-35-10-18-52-43(26-35)44-27-36(2)11-19-53(44)67(52)61-51(34-65)62(68-54-20-12-37(3)28-45(54)46-29-38(4)13-21-55(46)68)64(70-58-24-16-41(7)32-49(58)50-33-42(8)17-25-59(50)70)60(66-9)63(61)69-56-22-14-39(5)30-47(56)48-31-40(6)15-23-57(48)69/h10-33H,1-8H3. The highest BCUT2D eigenvalue weighted by Gasteiger charge is 2.34. The Morgan fingerprint density at radius 3 is 0.671 bits per heavy atom. The summed E-state index contributed by atoms with van der Waals surface area (Å²) in [6, 6.07) is 55.9. The zero-order valence-electron chi connectivity index (χ0n) is 40.5. The SMILES string of the molecule is [C-]#[N+]c1c(-n2c3ccc(C)cc3c3cc(C)ccc32)c(-n2c3ccc(C)cc3c3cc(C)ccc32)c(C#N)c(-n2c3ccc(C)cc3c3cc(C)ccc32)c1-n1c2ccc(C)cc2c2cc(C)ccc21. The molecule has 0 aliphatic heterocycles. The van der Waals surface area contributed by atoms with E-state index >= 15 is 0 Å². The number of benzene rings is 9. The van der Waals surface area contributed by atoms with E-state index in [9.17, 15) is 11.8 Å². The van der Waals surface area contributed by atoms with Gasteiger partial charge in [0.05, 0.1) is 73.5 Å². The van der Waals surface area contributed by atoms with Gasteiger partial charge in [-0.05, 0) is 152 Å². The van der Waals surface area contributed by atoms with Crippen LogP contribution in [-0.2, 0) is 0 Å². The Labute approximate surface area is 405 Å². The molecule has 13 rings (SSSR count). The molecule has 0 saturated carbocycles. The third kappa shape index (κ3) is 5.71. The average molecular weight is 901 g/mol. The fourth-order valence-electron chi connectivity index (χ4n) is 11.7. The number of fused-ring (bicyclic) bond motifs is 12. The second-order valence-corrected chi connectivity index (χ2v) is 19.8. The van der Waals surface area contributed by atoms with Crippen LogP contribution in [0.25, 0.3) is 115 Å². The van der Waals surface area contributed by atoms with Crippen molar-refractivity contribution in [3.63, 3.8) is 0 Å². The first-order valence-electron chi connectivity index (χ1n) is 24.0. The molecule has 0 radical (unpaired) electrons. The van der Waals surface area contributed by atoms with Crippen molar-refractivity contribution in [3.8, 4) is 28.8 Å². The maximum atomic E-state index is 12.6. The van der Waals surface area contributed by atoms with Crippen LogP contribution in [0.15, 0.2) is 146 Å². The zero-order chi connectivity index (χ0) is 48.0. The molecule has 6 heteroatoms. The molecule has 9 aromatic carbocycles. The van der Waals surface area contributed by atoms with Gasteiger partial charge in [0.2, 0.25) is 5.69 Å². The first-order valence-corrected chi connectivity index (χ1v) is 24.0. The highest BCUT2D eigenvalue weighted by atomic mass is 15.1. The summed E-state index contributed by atoms with van der Waals surface area (Å²) in [5.41, 5.74) is 20.4. The minimum atomic E-state index is 0.437. The van der Waals surface area contributed by atoms with Crippen molar-refractivity contribution in [2.75, 3.05) is 0 Å². The Bertz CT molecular complexity index is 3780. The van der Waals surface area contributed by atoms with Crippen LogP contribution in [0.3, 0.4) is 0 Å². The minimum absolute atomic E-state index is 0.437. The Balaban J connectivity index is 1.39. The van der Waals surface area contributed by atoms with E-state index in [2.05, 4.69) is 225 Å². The first-order chi connectivity index (χ1) is 33.9. The van der Waals surface area contributed by atoms with Crippen molar-refractivity contribution in [1.82, 2.24) is 18.3 Å². The monoisotopic (exact) mass is 900 g/mol. The molecule has 334 valence electrons. The summed E-state index contributed by atoms with van der Waals surface area (Å²) in [7, 11) is 0. The molecule has 4 heterocycles. The van der Waals surface area contributed by atoms with Gasteiger partial charge in [-0.3, -0.25) is 0 Å². The maximum absolute atomic E-state index is 12.6. The van der Waals surface area contributed by atoms with Crippen LogP contribution < -0.4 is 0 Å². The van der Waals surface area contributed by atoms with Gasteiger partial charge in [0.1, 0.15) is 11.6 Å². The third-order valence-electron chi connectivity index (χ3n) is 14.8. The van der Waals surface area contributed by atoms with Gasteiger partial charge < -0.3 is 18.3 Å². The van der Waals surface area contributed by atoms with E-state index < -0.39 is 0 Å². The molecular weight excluding hydrogens is 853 g/mol.